The van der Waals surface area contributed by atoms with Crippen LogP contribution in [0, 0.1) is 23.2 Å². The SMILES string of the molecule is COC(=O)/C=C\C12CC3CC(CC(C3)C1)C2. The fourth-order valence-corrected chi connectivity index (χ4v) is 4.69. The lowest BCUT2D eigenvalue weighted by Gasteiger charge is -2.55. The van der Waals surface area contributed by atoms with Crippen LogP contribution in [-0.4, -0.2) is 13.1 Å². The summed E-state index contributed by atoms with van der Waals surface area (Å²) in [6, 6.07) is 0. The third-order valence-electron chi connectivity index (χ3n) is 4.86. The van der Waals surface area contributed by atoms with E-state index in [1.54, 1.807) is 6.08 Å². The van der Waals surface area contributed by atoms with E-state index >= 15 is 0 Å². The summed E-state index contributed by atoms with van der Waals surface area (Å²) in [5.74, 6) is 2.62. The number of hydrogen-bond donors (Lipinski definition) is 0. The summed E-state index contributed by atoms with van der Waals surface area (Å²) in [7, 11) is 1.45. The highest BCUT2D eigenvalue weighted by Gasteiger charge is 2.49. The van der Waals surface area contributed by atoms with E-state index < -0.39 is 0 Å². The van der Waals surface area contributed by atoms with Crippen LogP contribution >= 0.6 is 0 Å². The van der Waals surface area contributed by atoms with E-state index in [9.17, 15) is 4.79 Å². The Morgan fingerprint density at radius 3 is 2.06 bits per heavy atom. The van der Waals surface area contributed by atoms with Crippen molar-refractivity contribution >= 4 is 5.97 Å². The predicted octanol–water partition coefficient (Wildman–Crippen LogP) is 2.93. The highest BCUT2D eigenvalue weighted by Crippen LogP contribution is 2.60. The van der Waals surface area contributed by atoms with Gasteiger partial charge in [-0.3, -0.25) is 0 Å². The maximum absolute atomic E-state index is 11.2. The molecule has 88 valence electrons. The summed E-state index contributed by atoms with van der Waals surface area (Å²) in [6.07, 6.45) is 12.1. The lowest BCUT2D eigenvalue weighted by Crippen LogP contribution is -2.45. The number of hydrogen-bond acceptors (Lipinski definition) is 2. The minimum Gasteiger partial charge on any atom is -0.466 e. The first-order valence-corrected chi connectivity index (χ1v) is 6.46. The molecule has 0 spiro atoms. The molecule has 0 radical (unpaired) electrons. The van der Waals surface area contributed by atoms with Gasteiger partial charge in [-0.2, -0.15) is 0 Å². The second-order valence-corrected chi connectivity index (χ2v) is 6.14. The highest BCUT2D eigenvalue weighted by molar-refractivity contribution is 5.81. The largest absolute Gasteiger partial charge is 0.466 e. The van der Waals surface area contributed by atoms with Gasteiger partial charge in [-0.05, 0) is 61.7 Å². The van der Waals surface area contributed by atoms with Gasteiger partial charge in [0.25, 0.3) is 0 Å². The van der Waals surface area contributed by atoms with Crippen molar-refractivity contribution in [1.82, 2.24) is 0 Å². The maximum atomic E-state index is 11.2. The van der Waals surface area contributed by atoms with E-state index in [1.165, 1.54) is 45.6 Å². The molecular weight excluding hydrogens is 200 g/mol. The van der Waals surface area contributed by atoms with Crippen LogP contribution in [0.1, 0.15) is 38.5 Å². The van der Waals surface area contributed by atoms with Gasteiger partial charge < -0.3 is 4.74 Å². The molecule has 2 nitrogen and oxygen atoms in total. The Kier molecular flexibility index (Phi) is 2.34. The third kappa shape index (κ3) is 1.68. The molecule has 2 heteroatoms. The number of carbonyl (C=O) groups excluding carboxylic acids is 1. The van der Waals surface area contributed by atoms with Gasteiger partial charge >= 0.3 is 5.97 Å². The van der Waals surface area contributed by atoms with Gasteiger partial charge in [0.15, 0.2) is 0 Å². The Morgan fingerprint density at radius 2 is 1.62 bits per heavy atom. The fraction of sp³-hybridized carbons (Fsp3) is 0.786. The van der Waals surface area contributed by atoms with Crippen LogP contribution in [0.3, 0.4) is 0 Å². The number of allylic oxidation sites excluding steroid dienone is 1. The van der Waals surface area contributed by atoms with E-state index in [1.807, 2.05) is 0 Å². The minimum absolute atomic E-state index is 0.198. The van der Waals surface area contributed by atoms with Gasteiger partial charge in [-0.1, -0.05) is 6.08 Å². The first kappa shape index (κ1) is 10.4. The van der Waals surface area contributed by atoms with Gasteiger partial charge in [0.1, 0.15) is 0 Å². The molecule has 0 aromatic carbocycles. The summed E-state index contributed by atoms with van der Waals surface area (Å²) in [5, 5.41) is 0. The number of ether oxygens (including phenoxy) is 1. The molecule has 16 heavy (non-hydrogen) atoms. The Balaban J connectivity index is 1.78. The Morgan fingerprint density at radius 1 is 1.12 bits per heavy atom. The molecule has 0 aromatic rings. The predicted molar refractivity (Wildman–Crippen MR) is 61.8 cm³/mol. The average molecular weight is 220 g/mol. The van der Waals surface area contributed by atoms with Crippen molar-refractivity contribution in [2.75, 3.05) is 7.11 Å². The highest BCUT2D eigenvalue weighted by atomic mass is 16.5. The van der Waals surface area contributed by atoms with Crippen LogP contribution in [0.15, 0.2) is 12.2 Å². The number of esters is 1. The quantitative estimate of drug-likeness (QED) is 0.528. The first-order chi connectivity index (χ1) is 7.69. The van der Waals surface area contributed by atoms with Crippen molar-refractivity contribution in [3.05, 3.63) is 12.2 Å². The van der Waals surface area contributed by atoms with Crippen molar-refractivity contribution < 1.29 is 9.53 Å². The zero-order valence-corrected chi connectivity index (χ0v) is 9.95. The molecule has 0 aromatic heterocycles. The van der Waals surface area contributed by atoms with Crippen molar-refractivity contribution in [3.63, 3.8) is 0 Å². The minimum atomic E-state index is -0.198. The molecule has 0 atom stereocenters. The summed E-state index contributed by atoms with van der Waals surface area (Å²) in [6.45, 7) is 0. The van der Waals surface area contributed by atoms with Gasteiger partial charge in [0.05, 0.1) is 7.11 Å². The van der Waals surface area contributed by atoms with Crippen LogP contribution in [0.2, 0.25) is 0 Å². The third-order valence-corrected chi connectivity index (χ3v) is 4.86. The normalized spacial score (nSPS) is 45.2. The molecule has 0 heterocycles. The van der Waals surface area contributed by atoms with E-state index in [4.69, 9.17) is 0 Å². The van der Waals surface area contributed by atoms with Crippen molar-refractivity contribution in [2.24, 2.45) is 23.2 Å². The van der Waals surface area contributed by atoms with Crippen molar-refractivity contribution in [3.8, 4) is 0 Å². The summed E-state index contributed by atoms with van der Waals surface area (Å²) in [4.78, 5) is 11.2. The molecule has 0 aliphatic heterocycles. The van der Waals surface area contributed by atoms with Crippen LogP contribution in [-0.2, 0) is 9.53 Å². The zero-order valence-electron chi connectivity index (χ0n) is 9.95. The molecule has 0 unspecified atom stereocenters. The monoisotopic (exact) mass is 220 g/mol. The van der Waals surface area contributed by atoms with Gasteiger partial charge in [0.2, 0.25) is 0 Å². The van der Waals surface area contributed by atoms with Gasteiger partial charge in [-0.15, -0.1) is 0 Å². The van der Waals surface area contributed by atoms with E-state index in [2.05, 4.69) is 10.8 Å². The smallest absolute Gasteiger partial charge is 0.330 e. The Bertz CT molecular complexity index is 294. The summed E-state index contributed by atoms with van der Waals surface area (Å²) < 4.78 is 4.69. The summed E-state index contributed by atoms with van der Waals surface area (Å²) >= 11 is 0. The number of rotatable bonds is 2. The molecule has 4 rings (SSSR count). The standard InChI is InChI=1S/C14H20O2/c1-16-13(15)2-3-14-7-10-4-11(8-14)6-12(5-10)9-14/h2-3,10-12H,4-9H2,1H3/b3-2-. The molecule has 4 fully saturated rings. The average Bonchev–Trinajstić information content (AvgIpc) is 2.24. The molecule has 0 saturated heterocycles. The Labute approximate surface area is 97.1 Å². The molecule has 0 amide bonds. The Hall–Kier alpha value is -0.790. The lowest BCUT2D eigenvalue weighted by molar-refractivity contribution is -0.135. The van der Waals surface area contributed by atoms with Crippen molar-refractivity contribution in [2.45, 2.75) is 38.5 Å². The molecular formula is C14H20O2. The lowest BCUT2D eigenvalue weighted by atomic mass is 9.49. The van der Waals surface area contributed by atoms with Crippen LogP contribution in [0.25, 0.3) is 0 Å². The van der Waals surface area contributed by atoms with Crippen LogP contribution in [0.5, 0.6) is 0 Å². The van der Waals surface area contributed by atoms with Gasteiger partial charge in [-0.25, -0.2) is 4.79 Å². The first-order valence-electron chi connectivity index (χ1n) is 6.46. The second-order valence-electron chi connectivity index (χ2n) is 6.14. The molecule has 4 saturated carbocycles. The topological polar surface area (TPSA) is 26.3 Å². The van der Waals surface area contributed by atoms with Gasteiger partial charge in [0, 0.05) is 6.08 Å². The van der Waals surface area contributed by atoms with E-state index in [0.29, 0.717) is 5.41 Å². The second kappa shape index (κ2) is 3.61. The van der Waals surface area contributed by atoms with Crippen molar-refractivity contribution in [1.29, 1.82) is 0 Å². The van der Waals surface area contributed by atoms with E-state index in [-0.39, 0.29) is 5.97 Å². The van der Waals surface area contributed by atoms with Crippen LogP contribution < -0.4 is 0 Å². The maximum Gasteiger partial charge on any atom is 0.330 e. The summed E-state index contributed by atoms with van der Waals surface area (Å²) in [5.41, 5.74) is 0.350. The van der Waals surface area contributed by atoms with Crippen LogP contribution in [0.4, 0.5) is 0 Å². The molecule has 4 bridgehead atoms. The molecule has 4 aliphatic carbocycles. The number of methoxy groups -OCH3 is 1. The fourth-order valence-electron chi connectivity index (χ4n) is 4.69. The van der Waals surface area contributed by atoms with E-state index in [0.717, 1.165) is 17.8 Å². The molecule has 4 aliphatic rings. The molecule has 0 N–H and O–H groups in total. The zero-order chi connectivity index (χ0) is 11.2. The number of carbonyl (C=O) groups is 1.